The van der Waals surface area contributed by atoms with Gasteiger partial charge in [0.05, 0.1) is 13.2 Å². The lowest BCUT2D eigenvalue weighted by Gasteiger charge is -2.48. The number of rotatable bonds is 6. The highest BCUT2D eigenvalue weighted by Crippen LogP contribution is 2.57. The van der Waals surface area contributed by atoms with Crippen LogP contribution in [-0.4, -0.2) is 49.2 Å². The summed E-state index contributed by atoms with van der Waals surface area (Å²) in [6.07, 6.45) is 9.77. The van der Waals surface area contributed by atoms with Crippen molar-refractivity contribution < 1.29 is 9.90 Å². The number of nitrogens with zero attached hydrogens (tertiary/aromatic N) is 1. The second-order valence-electron chi connectivity index (χ2n) is 8.00. The van der Waals surface area contributed by atoms with E-state index >= 15 is 0 Å². The van der Waals surface area contributed by atoms with Crippen LogP contribution in [0, 0.1) is 23.2 Å². The normalized spacial score (nSPS) is 37.8. The van der Waals surface area contributed by atoms with Crippen LogP contribution >= 0.6 is 0 Å². The summed E-state index contributed by atoms with van der Waals surface area (Å²) in [5, 5.41) is 12.1. The molecule has 4 saturated carbocycles. The van der Waals surface area contributed by atoms with Crippen LogP contribution in [0.25, 0.3) is 0 Å². The van der Waals surface area contributed by atoms with Crippen molar-refractivity contribution in [1.82, 2.24) is 10.2 Å². The predicted molar refractivity (Wildman–Crippen MR) is 82.8 cm³/mol. The molecule has 0 saturated heterocycles. The zero-order valence-corrected chi connectivity index (χ0v) is 13.3. The number of carbonyl (C=O) groups is 1. The average molecular weight is 294 g/mol. The van der Waals surface area contributed by atoms with Gasteiger partial charge in [-0.2, -0.15) is 0 Å². The fraction of sp³-hybridized carbons (Fsp3) is 0.941. The minimum atomic E-state index is 0.110. The van der Waals surface area contributed by atoms with E-state index < -0.39 is 0 Å². The van der Waals surface area contributed by atoms with Crippen molar-refractivity contribution in [3.63, 3.8) is 0 Å². The third kappa shape index (κ3) is 3.59. The number of hydrogen-bond donors (Lipinski definition) is 2. The summed E-state index contributed by atoms with van der Waals surface area (Å²) < 4.78 is 0. The van der Waals surface area contributed by atoms with Crippen LogP contribution in [0.4, 0.5) is 0 Å². The number of carbonyl (C=O) groups excluding carboxylic acids is 1. The third-order valence-electron chi connectivity index (χ3n) is 6.04. The Kier molecular flexibility index (Phi) is 4.55. The second-order valence-corrected chi connectivity index (χ2v) is 8.00. The van der Waals surface area contributed by atoms with Crippen LogP contribution in [0.1, 0.15) is 44.9 Å². The standard InChI is InChI=1S/C17H30N2O2/c1-19(4-5-20)11-16(21)18-12-17-8-13-2-3-14(9-17)7-15(6-13)10-17/h13-15,20H,2-12H2,1H3,(H,18,21). The molecule has 4 rings (SSSR count). The van der Waals surface area contributed by atoms with Crippen LogP contribution < -0.4 is 5.32 Å². The van der Waals surface area contributed by atoms with E-state index in [4.69, 9.17) is 5.11 Å². The van der Waals surface area contributed by atoms with Gasteiger partial charge in [-0.25, -0.2) is 0 Å². The molecule has 0 heterocycles. The smallest absolute Gasteiger partial charge is 0.234 e. The van der Waals surface area contributed by atoms with Crippen molar-refractivity contribution in [3.8, 4) is 0 Å². The molecule has 4 aliphatic carbocycles. The molecule has 0 aliphatic heterocycles. The Labute approximate surface area is 128 Å². The summed E-state index contributed by atoms with van der Waals surface area (Å²) in [7, 11) is 1.88. The number of fused-ring (bicyclic) bond motifs is 1. The maximum Gasteiger partial charge on any atom is 0.234 e. The molecule has 4 heteroatoms. The largest absolute Gasteiger partial charge is 0.395 e. The van der Waals surface area contributed by atoms with E-state index in [1.165, 1.54) is 44.9 Å². The quantitative estimate of drug-likeness (QED) is 0.783. The van der Waals surface area contributed by atoms with Crippen molar-refractivity contribution >= 4 is 5.91 Å². The van der Waals surface area contributed by atoms with E-state index in [0.29, 0.717) is 18.5 Å². The summed E-state index contributed by atoms with van der Waals surface area (Å²) in [5.41, 5.74) is 0.401. The minimum absolute atomic E-state index is 0.110. The molecule has 0 aromatic carbocycles. The van der Waals surface area contributed by atoms with E-state index in [1.54, 1.807) is 0 Å². The Morgan fingerprint density at radius 2 is 1.81 bits per heavy atom. The fourth-order valence-electron chi connectivity index (χ4n) is 5.42. The number of nitrogens with one attached hydrogen (secondary N) is 1. The molecular formula is C17H30N2O2. The molecule has 21 heavy (non-hydrogen) atoms. The number of aliphatic hydroxyl groups excluding tert-OH is 1. The van der Waals surface area contributed by atoms with Gasteiger partial charge in [-0.15, -0.1) is 0 Å². The van der Waals surface area contributed by atoms with Crippen molar-refractivity contribution in [2.45, 2.75) is 44.9 Å². The Balaban J connectivity index is 1.54. The average Bonchev–Trinajstić information content (AvgIpc) is 2.63. The number of amides is 1. The highest BCUT2D eigenvalue weighted by Gasteiger charge is 2.48. The SMILES string of the molecule is CN(CCO)CC(=O)NCC12CC3CCC(CC(C3)C1)C2. The second kappa shape index (κ2) is 6.25. The molecule has 2 N–H and O–H groups in total. The molecule has 4 nitrogen and oxygen atoms in total. The summed E-state index contributed by atoms with van der Waals surface area (Å²) >= 11 is 0. The van der Waals surface area contributed by atoms with Crippen molar-refractivity contribution in [2.75, 3.05) is 33.3 Å². The van der Waals surface area contributed by atoms with Crippen LogP contribution in [0.2, 0.25) is 0 Å². The summed E-state index contributed by atoms with van der Waals surface area (Å²) in [6, 6.07) is 0. The van der Waals surface area contributed by atoms with Gasteiger partial charge in [-0.05, 0) is 62.3 Å². The first-order chi connectivity index (χ1) is 10.1. The van der Waals surface area contributed by atoms with Crippen molar-refractivity contribution in [2.24, 2.45) is 23.2 Å². The topological polar surface area (TPSA) is 52.6 Å². The molecular weight excluding hydrogens is 264 g/mol. The number of hydrogen-bond acceptors (Lipinski definition) is 3. The zero-order valence-electron chi connectivity index (χ0n) is 13.3. The van der Waals surface area contributed by atoms with E-state index in [0.717, 1.165) is 24.3 Å². The Morgan fingerprint density at radius 3 is 2.43 bits per heavy atom. The van der Waals surface area contributed by atoms with Gasteiger partial charge in [-0.3, -0.25) is 9.69 Å². The van der Waals surface area contributed by atoms with Crippen LogP contribution in [0.15, 0.2) is 0 Å². The zero-order chi connectivity index (χ0) is 14.9. The van der Waals surface area contributed by atoms with Crippen LogP contribution in [0.3, 0.4) is 0 Å². The maximum absolute atomic E-state index is 12.1. The molecule has 120 valence electrons. The van der Waals surface area contributed by atoms with E-state index in [1.807, 2.05) is 11.9 Å². The van der Waals surface area contributed by atoms with E-state index in [-0.39, 0.29) is 12.5 Å². The number of likely N-dealkylation sites (N-methyl/N-ethyl adjacent to an activating group) is 1. The third-order valence-corrected chi connectivity index (χ3v) is 6.04. The molecule has 2 atom stereocenters. The molecule has 4 fully saturated rings. The first-order valence-corrected chi connectivity index (χ1v) is 8.65. The Hall–Kier alpha value is -0.610. The van der Waals surface area contributed by atoms with Crippen molar-refractivity contribution in [3.05, 3.63) is 0 Å². The van der Waals surface area contributed by atoms with Gasteiger partial charge in [0.2, 0.25) is 5.91 Å². The summed E-state index contributed by atoms with van der Waals surface area (Å²) in [6.45, 7) is 1.94. The summed E-state index contributed by atoms with van der Waals surface area (Å²) in [5.74, 6) is 2.88. The molecule has 0 aromatic rings. The van der Waals surface area contributed by atoms with E-state index in [2.05, 4.69) is 5.32 Å². The lowest BCUT2D eigenvalue weighted by Crippen LogP contribution is -2.47. The molecule has 1 amide bonds. The molecule has 4 bridgehead atoms. The maximum atomic E-state index is 12.1. The van der Waals surface area contributed by atoms with Gasteiger partial charge in [0.1, 0.15) is 0 Å². The van der Waals surface area contributed by atoms with Gasteiger partial charge in [-0.1, -0.05) is 12.8 Å². The van der Waals surface area contributed by atoms with Gasteiger partial charge >= 0.3 is 0 Å². The molecule has 0 spiro atoms. The monoisotopic (exact) mass is 294 g/mol. The van der Waals surface area contributed by atoms with Gasteiger partial charge in [0.25, 0.3) is 0 Å². The molecule has 2 unspecified atom stereocenters. The van der Waals surface area contributed by atoms with Gasteiger partial charge in [0, 0.05) is 13.1 Å². The minimum Gasteiger partial charge on any atom is -0.395 e. The number of aliphatic hydroxyl groups is 1. The highest BCUT2D eigenvalue weighted by molar-refractivity contribution is 5.78. The van der Waals surface area contributed by atoms with Crippen LogP contribution in [-0.2, 0) is 4.79 Å². The lowest BCUT2D eigenvalue weighted by molar-refractivity contribution is -0.123. The first kappa shape index (κ1) is 15.3. The Morgan fingerprint density at radius 1 is 1.19 bits per heavy atom. The molecule has 4 aliphatic rings. The highest BCUT2D eigenvalue weighted by atomic mass is 16.3. The summed E-state index contributed by atoms with van der Waals surface area (Å²) in [4.78, 5) is 13.9. The molecule has 0 radical (unpaired) electrons. The fourth-order valence-corrected chi connectivity index (χ4v) is 5.42. The molecule has 0 aromatic heterocycles. The lowest BCUT2D eigenvalue weighted by atomic mass is 9.58. The van der Waals surface area contributed by atoms with Gasteiger partial charge < -0.3 is 10.4 Å². The first-order valence-electron chi connectivity index (χ1n) is 8.65. The van der Waals surface area contributed by atoms with E-state index in [9.17, 15) is 4.79 Å². The van der Waals surface area contributed by atoms with Crippen LogP contribution in [0.5, 0.6) is 0 Å². The van der Waals surface area contributed by atoms with Crippen molar-refractivity contribution in [1.29, 1.82) is 0 Å². The predicted octanol–water partition coefficient (Wildman–Crippen LogP) is 1.63. The Bertz CT molecular complexity index is 369. The van der Waals surface area contributed by atoms with Gasteiger partial charge in [0.15, 0.2) is 0 Å².